The van der Waals surface area contributed by atoms with Crippen molar-refractivity contribution in [3.05, 3.63) is 11.1 Å². The molecule has 0 saturated carbocycles. The SMILES string of the molecule is CCN(C)c1ncc(C#N)s1. The van der Waals surface area contributed by atoms with Crippen LogP contribution in [0, 0.1) is 11.3 Å². The first-order valence-electron chi connectivity index (χ1n) is 3.35. The molecule has 3 nitrogen and oxygen atoms in total. The lowest BCUT2D eigenvalue weighted by molar-refractivity contribution is 0.958. The van der Waals surface area contributed by atoms with Crippen LogP contribution in [0.15, 0.2) is 6.20 Å². The Kier molecular flexibility index (Phi) is 2.44. The first-order valence-corrected chi connectivity index (χ1v) is 4.16. The molecule has 0 spiro atoms. The number of nitrogens with zero attached hydrogens (tertiary/aromatic N) is 3. The van der Waals surface area contributed by atoms with Gasteiger partial charge in [0, 0.05) is 13.6 Å². The molecule has 0 fully saturated rings. The second-order valence-corrected chi connectivity index (χ2v) is 3.14. The van der Waals surface area contributed by atoms with Crippen molar-refractivity contribution in [2.75, 3.05) is 18.5 Å². The molecule has 0 N–H and O–H groups in total. The average Bonchev–Trinajstić information content (AvgIpc) is 2.50. The second kappa shape index (κ2) is 3.35. The fraction of sp³-hybridized carbons (Fsp3) is 0.429. The highest BCUT2D eigenvalue weighted by molar-refractivity contribution is 7.16. The number of hydrogen-bond acceptors (Lipinski definition) is 4. The van der Waals surface area contributed by atoms with Gasteiger partial charge in [0.15, 0.2) is 5.13 Å². The minimum Gasteiger partial charge on any atom is -0.351 e. The number of aromatic nitrogens is 1. The van der Waals surface area contributed by atoms with Gasteiger partial charge in [-0.25, -0.2) is 4.98 Å². The molecule has 58 valence electrons. The zero-order valence-electron chi connectivity index (χ0n) is 6.53. The van der Waals surface area contributed by atoms with Crippen molar-refractivity contribution in [2.45, 2.75) is 6.92 Å². The van der Waals surface area contributed by atoms with Crippen LogP contribution in [0.1, 0.15) is 11.8 Å². The summed E-state index contributed by atoms with van der Waals surface area (Å²) in [5.74, 6) is 0. The summed E-state index contributed by atoms with van der Waals surface area (Å²) in [4.78, 5) is 6.75. The summed E-state index contributed by atoms with van der Waals surface area (Å²) >= 11 is 1.42. The van der Waals surface area contributed by atoms with Gasteiger partial charge >= 0.3 is 0 Å². The molecule has 1 aromatic rings. The van der Waals surface area contributed by atoms with Crippen LogP contribution in [-0.4, -0.2) is 18.6 Å². The van der Waals surface area contributed by atoms with Crippen LogP contribution < -0.4 is 4.90 Å². The Morgan fingerprint density at radius 2 is 2.55 bits per heavy atom. The Morgan fingerprint density at radius 1 is 1.82 bits per heavy atom. The molecule has 1 heterocycles. The summed E-state index contributed by atoms with van der Waals surface area (Å²) in [6.07, 6.45) is 1.60. The van der Waals surface area contributed by atoms with Gasteiger partial charge in [-0.15, -0.1) is 0 Å². The topological polar surface area (TPSA) is 39.9 Å². The van der Waals surface area contributed by atoms with Crippen molar-refractivity contribution >= 4 is 16.5 Å². The number of hydrogen-bond donors (Lipinski definition) is 0. The zero-order valence-corrected chi connectivity index (χ0v) is 7.35. The maximum Gasteiger partial charge on any atom is 0.186 e. The van der Waals surface area contributed by atoms with E-state index in [2.05, 4.69) is 11.1 Å². The highest BCUT2D eigenvalue weighted by Crippen LogP contribution is 2.19. The highest BCUT2D eigenvalue weighted by Gasteiger charge is 2.03. The van der Waals surface area contributed by atoms with Gasteiger partial charge < -0.3 is 4.90 Å². The van der Waals surface area contributed by atoms with Gasteiger partial charge in [-0.05, 0) is 6.92 Å². The molecule has 4 heteroatoms. The zero-order chi connectivity index (χ0) is 8.27. The number of rotatable bonds is 2. The molecular weight excluding hydrogens is 158 g/mol. The van der Waals surface area contributed by atoms with Crippen LogP contribution in [0.25, 0.3) is 0 Å². The van der Waals surface area contributed by atoms with Gasteiger partial charge in [0.2, 0.25) is 0 Å². The molecule has 0 saturated heterocycles. The van der Waals surface area contributed by atoms with Crippen LogP contribution in [-0.2, 0) is 0 Å². The van der Waals surface area contributed by atoms with Crippen molar-refractivity contribution in [2.24, 2.45) is 0 Å². The highest BCUT2D eigenvalue weighted by atomic mass is 32.1. The Hall–Kier alpha value is -1.08. The molecular formula is C7H9N3S. The summed E-state index contributed by atoms with van der Waals surface area (Å²) in [7, 11) is 1.96. The predicted octanol–water partition coefficient (Wildman–Crippen LogP) is 1.47. The maximum absolute atomic E-state index is 8.51. The molecule has 0 bridgehead atoms. The van der Waals surface area contributed by atoms with Crippen LogP contribution >= 0.6 is 11.3 Å². The summed E-state index contributed by atoms with van der Waals surface area (Å²) < 4.78 is 0. The molecule has 1 aromatic heterocycles. The van der Waals surface area contributed by atoms with E-state index in [1.807, 2.05) is 18.9 Å². The van der Waals surface area contributed by atoms with Crippen molar-refractivity contribution < 1.29 is 0 Å². The first kappa shape index (κ1) is 8.02. The van der Waals surface area contributed by atoms with E-state index in [-0.39, 0.29) is 0 Å². The summed E-state index contributed by atoms with van der Waals surface area (Å²) in [6.45, 7) is 2.96. The minimum absolute atomic E-state index is 0.667. The molecule has 11 heavy (non-hydrogen) atoms. The van der Waals surface area contributed by atoms with Crippen LogP contribution in [0.3, 0.4) is 0 Å². The first-order chi connectivity index (χ1) is 5.27. The van der Waals surface area contributed by atoms with Gasteiger partial charge in [-0.3, -0.25) is 0 Å². The smallest absolute Gasteiger partial charge is 0.186 e. The predicted molar refractivity (Wildman–Crippen MR) is 45.8 cm³/mol. The third-order valence-electron chi connectivity index (χ3n) is 1.40. The molecule has 0 unspecified atom stereocenters. The lowest BCUT2D eigenvalue weighted by Gasteiger charge is -2.10. The lowest BCUT2D eigenvalue weighted by Crippen LogP contribution is -2.14. The third kappa shape index (κ3) is 1.69. The maximum atomic E-state index is 8.51. The van der Waals surface area contributed by atoms with E-state index < -0.39 is 0 Å². The van der Waals surface area contributed by atoms with Crippen LogP contribution in [0.4, 0.5) is 5.13 Å². The normalized spacial score (nSPS) is 9.18. The Balaban J connectivity index is 2.82. The van der Waals surface area contributed by atoms with E-state index >= 15 is 0 Å². The summed E-state index contributed by atoms with van der Waals surface area (Å²) in [5.41, 5.74) is 0. The van der Waals surface area contributed by atoms with Gasteiger partial charge in [-0.2, -0.15) is 5.26 Å². The largest absolute Gasteiger partial charge is 0.351 e. The fourth-order valence-corrected chi connectivity index (χ4v) is 1.37. The molecule has 1 rings (SSSR count). The van der Waals surface area contributed by atoms with Gasteiger partial charge in [-0.1, -0.05) is 11.3 Å². The van der Waals surface area contributed by atoms with Gasteiger partial charge in [0.25, 0.3) is 0 Å². The Morgan fingerprint density at radius 3 is 3.00 bits per heavy atom. The second-order valence-electron chi connectivity index (χ2n) is 2.13. The van der Waals surface area contributed by atoms with E-state index in [0.29, 0.717) is 4.88 Å². The van der Waals surface area contributed by atoms with Crippen LogP contribution in [0.2, 0.25) is 0 Å². The Labute approximate surface area is 69.9 Å². The lowest BCUT2D eigenvalue weighted by atomic mass is 10.6. The molecule has 0 amide bonds. The molecule has 0 aliphatic carbocycles. The molecule has 0 aliphatic heterocycles. The quantitative estimate of drug-likeness (QED) is 0.669. The summed E-state index contributed by atoms with van der Waals surface area (Å²) in [5, 5.41) is 9.41. The molecule has 0 aliphatic rings. The van der Waals surface area contributed by atoms with Crippen molar-refractivity contribution in [1.82, 2.24) is 4.98 Å². The molecule has 0 atom stereocenters. The number of anilines is 1. The van der Waals surface area contributed by atoms with Gasteiger partial charge in [0.05, 0.1) is 6.20 Å². The number of nitriles is 1. The third-order valence-corrected chi connectivity index (χ3v) is 2.42. The van der Waals surface area contributed by atoms with Gasteiger partial charge in [0.1, 0.15) is 10.9 Å². The van der Waals surface area contributed by atoms with Crippen LogP contribution in [0.5, 0.6) is 0 Å². The molecule has 0 radical (unpaired) electrons. The molecule has 0 aromatic carbocycles. The number of thiazole rings is 1. The van der Waals surface area contributed by atoms with E-state index in [1.165, 1.54) is 11.3 Å². The van der Waals surface area contributed by atoms with E-state index in [1.54, 1.807) is 6.20 Å². The van der Waals surface area contributed by atoms with E-state index in [0.717, 1.165) is 11.7 Å². The van der Waals surface area contributed by atoms with Crippen molar-refractivity contribution in [3.8, 4) is 6.07 Å². The van der Waals surface area contributed by atoms with E-state index in [4.69, 9.17) is 5.26 Å². The van der Waals surface area contributed by atoms with Crippen molar-refractivity contribution in [3.63, 3.8) is 0 Å². The summed E-state index contributed by atoms with van der Waals surface area (Å²) in [6, 6.07) is 2.06. The standard InChI is InChI=1S/C7H9N3S/c1-3-10(2)7-9-5-6(4-8)11-7/h5H,3H2,1-2H3. The minimum atomic E-state index is 0.667. The average molecular weight is 167 g/mol. The van der Waals surface area contributed by atoms with E-state index in [9.17, 15) is 0 Å². The monoisotopic (exact) mass is 167 g/mol. The van der Waals surface area contributed by atoms with Crippen molar-refractivity contribution in [1.29, 1.82) is 5.26 Å². The Bertz CT molecular complexity index is 273. The fourth-order valence-electron chi connectivity index (χ4n) is 0.628.